The number of carbonyl (C=O) groups excluding carboxylic acids is 4. The molecule has 366 valence electrons. The van der Waals surface area contributed by atoms with Gasteiger partial charge in [0.25, 0.3) is 10.1 Å². The summed E-state index contributed by atoms with van der Waals surface area (Å²) < 4.78 is 48.2. The van der Waals surface area contributed by atoms with Crippen molar-refractivity contribution >= 4 is 34.2 Å². The zero-order valence-electron chi connectivity index (χ0n) is 39.4. The van der Waals surface area contributed by atoms with Crippen molar-refractivity contribution in [3.8, 4) is 0 Å². The third-order valence-electron chi connectivity index (χ3n) is 13.7. The van der Waals surface area contributed by atoms with Crippen molar-refractivity contribution < 1.29 is 50.7 Å². The molecule has 2 aromatic rings. The summed E-state index contributed by atoms with van der Waals surface area (Å²) in [4.78, 5) is 60.2. The fourth-order valence-corrected chi connectivity index (χ4v) is 10.2. The lowest BCUT2D eigenvalue weighted by Crippen LogP contribution is -2.48. The summed E-state index contributed by atoms with van der Waals surface area (Å²) in [6.07, 6.45) is 7.38. The average molecular weight is 940 g/mol. The largest absolute Gasteiger partial charge is 0.466 e. The van der Waals surface area contributed by atoms with Crippen LogP contribution in [0.1, 0.15) is 82.8 Å². The molecule has 5 saturated heterocycles. The van der Waals surface area contributed by atoms with Crippen LogP contribution in [-0.2, 0) is 55.9 Å². The van der Waals surface area contributed by atoms with Gasteiger partial charge in [0.15, 0.2) is 0 Å². The summed E-state index contributed by atoms with van der Waals surface area (Å²) >= 11 is 0. The SMILES string of the molecule is CCOC(=O)CC1(C(=O)OCC)CCN(CC2CN(CCC3CCN(Cc4ccccc4)CC3)C(=O)O2)CC1.CS(=O)(=O)OCC1CN(CCC2CCN(Cc3ccccc3)CC2)C(=O)O1. The number of carbonyl (C=O) groups is 4. The standard InChI is InChI=1S/C30H45N3O6.C19H28N2O5S/c1-3-37-27(34)20-30(28(35)38-4-2)13-18-32(19-14-30)22-26-23-33(29(36)39-26)17-12-24-10-15-31(16-11-24)21-25-8-6-5-7-9-25;1-27(23,24)25-15-18-14-21(19(22)26-18)12-9-16-7-10-20(11-8-16)13-17-5-3-2-4-6-17/h5-9,24,26H,3-4,10-23H2,1-2H3;2-6,16,18H,7-15H2,1H3. The lowest BCUT2D eigenvalue weighted by atomic mass is 9.75. The van der Waals surface area contributed by atoms with Gasteiger partial charge in [0.1, 0.15) is 18.8 Å². The maximum atomic E-state index is 12.8. The molecule has 5 heterocycles. The fourth-order valence-electron chi connectivity index (χ4n) is 9.80. The highest BCUT2D eigenvalue weighted by molar-refractivity contribution is 7.85. The highest BCUT2D eigenvalue weighted by Gasteiger charge is 2.46. The van der Waals surface area contributed by atoms with Gasteiger partial charge in [-0.2, -0.15) is 8.42 Å². The van der Waals surface area contributed by atoms with Gasteiger partial charge in [0, 0.05) is 32.7 Å². The van der Waals surface area contributed by atoms with E-state index < -0.39 is 21.6 Å². The van der Waals surface area contributed by atoms with Gasteiger partial charge in [-0.3, -0.25) is 28.5 Å². The Kier molecular flexibility index (Phi) is 19.5. The zero-order valence-corrected chi connectivity index (χ0v) is 40.2. The summed E-state index contributed by atoms with van der Waals surface area (Å²) in [5.74, 6) is 0.570. The first kappa shape index (κ1) is 51.1. The van der Waals surface area contributed by atoms with E-state index in [4.69, 9.17) is 23.1 Å². The van der Waals surface area contributed by atoms with Crippen LogP contribution in [0.5, 0.6) is 0 Å². The van der Waals surface area contributed by atoms with Crippen molar-refractivity contribution in [2.24, 2.45) is 17.3 Å². The van der Waals surface area contributed by atoms with Gasteiger partial charge < -0.3 is 28.7 Å². The molecular weight excluding hydrogens is 867 g/mol. The van der Waals surface area contributed by atoms with Crippen LogP contribution in [0.15, 0.2) is 60.7 Å². The molecule has 2 atom stereocenters. The van der Waals surface area contributed by atoms with Crippen LogP contribution in [0.4, 0.5) is 9.59 Å². The van der Waals surface area contributed by atoms with Crippen LogP contribution in [0.3, 0.4) is 0 Å². The van der Waals surface area contributed by atoms with E-state index in [9.17, 15) is 27.6 Å². The van der Waals surface area contributed by atoms with Gasteiger partial charge in [-0.1, -0.05) is 60.7 Å². The molecule has 7 rings (SSSR count). The van der Waals surface area contributed by atoms with Crippen molar-refractivity contribution in [2.75, 3.05) is 98.1 Å². The number of rotatable bonds is 20. The average Bonchev–Trinajstić information content (AvgIpc) is 3.85. The van der Waals surface area contributed by atoms with E-state index in [2.05, 4.69) is 69.3 Å². The lowest BCUT2D eigenvalue weighted by Gasteiger charge is -2.39. The molecule has 16 nitrogen and oxygen atoms in total. The minimum atomic E-state index is -3.52. The molecule has 17 heteroatoms. The molecule has 0 aliphatic carbocycles. The van der Waals surface area contributed by atoms with Crippen LogP contribution in [0, 0.1) is 17.3 Å². The Morgan fingerprint density at radius 2 is 1.14 bits per heavy atom. The lowest BCUT2D eigenvalue weighted by molar-refractivity contribution is -0.165. The Balaban J connectivity index is 0.000000233. The molecule has 5 aliphatic heterocycles. The third-order valence-corrected chi connectivity index (χ3v) is 14.2. The number of cyclic esters (lactones) is 2. The maximum Gasteiger partial charge on any atom is 0.410 e. The molecule has 0 bridgehead atoms. The summed E-state index contributed by atoms with van der Waals surface area (Å²) in [6.45, 7) is 14.7. The number of nitrogens with zero attached hydrogens (tertiary/aromatic N) is 5. The number of hydrogen-bond acceptors (Lipinski definition) is 14. The van der Waals surface area contributed by atoms with E-state index in [1.54, 1.807) is 18.7 Å². The molecule has 2 amide bonds. The van der Waals surface area contributed by atoms with E-state index in [1.165, 1.54) is 24.0 Å². The highest BCUT2D eigenvalue weighted by Crippen LogP contribution is 2.37. The van der Waals surface area contributed by atoms with Gasteiger partial charge in [-0.15, -0.1) is 0 Å². The number of hydrogen-bond donors (Lipinski definition) is 0. The first-order valence-electron chi connectivity index (χ1n) is 24.1. The van der Waals surface area contributed by atoms with Crippen molar-refractivity contribution in [3.05, 3.63) is 71.8 Å². The Morgan fingerprint density at radius 3 is 1.61 bits per heavy atom. The van der Waals surface area contributed by atoms with Gasteiger partial charge >= 0.3 is 24.1 Å². The van der Waals surface area contributed by atoms with Gasteiger partial charge in [0.05, 0.1) is 44.4 Å². The van der Waals surface area contributed by atoms with E-state index in [1.807, 2.05) is 11.0 Å². The number of benzene rings is 2. The van der Waals surface area contributed by atoms with Crippen molar-refractivity contribution in [3.63, 3.8) is 0 Å². The van der Waals surface area contributed by atoms with E-state index in [0.29, 0.717) is 70.6 Å². The summed E-state index contributed by atoms with van der Waals surface area (Å²) in [7, 11) is -3.52. The summed E-state index contributed by atoms with van der Waals surface area (Å²) in [6, 6.07) is 21.1. The highest BCUT2D eigenvalue weighted by atomic mass is 32.2. The predicted molar refractivity (Wildman–Crippen MR) is 249 cm³/mol. The molecule has 0 radical (unpaired) electrons. The first-order chi connectivity index (χ1) is 31.8. The molecule has 0 aromatic heterocycles. The molecular formula is C49H73N5O11S. The number of piperidine rings is 3. The molecule has 5 aliphatic rings. The molecule has 2 aromatic carbocycles. The van der Waals surface area contributed by atoms with Gasteiger partial charge in [-0.05, 0) is 127 Å². The number of likely N-dealkylation sites (tertiary alicyclic amines) is 3. The molecule has 0 spiro atoms. The van der Waals surface area contributed by atoms with Gasteiger partial charge in [0.2, 0.25) is 0 Å². The third kappa shape index (κ3) is 16.2. The quantitative estimate of drug-likeness (QED) is 0.0890. The predicted octanol–water partition coefficient (Wildman–Crippen LogP) is 5.79. The van der Waals surface area contributed by atoms with Crippen LogP contribution in [-0.4, -0.2) is 167 Å². The normalized spacial score (nSPS) is 22.3. The molecule has 5 fully saturated rings. The molecule has 2 unspecified atom stereocenters. The smallest absolute Gasteiger partial charge is 0.410 e. The van der Waals surface area contributed by atoms with Crippen LogP contribution >= 0.6 is 0 Å². The van der Waals surface area contributed by atoms with E-state index in [-0.39, 0.29) is 49.9 Å². The second-order valence-corrected chi connectivity index (χ2v) is 20.3. The monoisotopic (exact) mass is 940 g/mol. The van der Waals surface area contributed by atoms with Crippen molar-refractivity contribution in [1.82, 2.24) is 24.5 Å². The van der Waals surface area contributed by atoms with E-state index in [0.717, 1.165) is 77.8 Å². The van der Waals surface area contributed by atoms with Gasteiger partial charge in [-0.25, -0.2) is 9.59 Å². The zero-order chi connectivity index (χ0) is 46.9. The topological polar surface area (TPSA) is 165 Å². The maximum absolute atomic E-state index is 12.8. The van der Waals surface area contributed by atoms with Crippen molar-refractivity contribution in [2.45, 2.75) is 96.9 Å². The number of esters is 2. The molecule has 66 heavy (non-hydrogen) atoms. The minimum Gasteiger partial charge on any atom is -0.466 e. The summed E-state index contributed by atoms with van der Waals surface area (Å²) in [5, 5.41) is 0. The Bertz CT molecular complexity index is 1940. The Labute approximate surface area is 392 Å². The number of ether oxygens (including phenoxy) is 4. The minimum absolute atomic E-state index is 0.0465. The molecule has 0 N–H and O–H groups in total. The fraction of sp³-hybridized carbons (Fsp3) is 0.673. The van der Waals surface area contributed by atoms with Crippen LogP contribution in [0.25, 0.3) is 0 Å². The molecule has 0 saturated carbocycles. The van der Waals surface area contributed by atoms with Crippen LogP contribution < -0.4 is 0 Å². The second kappa shape index (κ2) is 25.2. The Hall–Kier alpha value is -4.29. The second-order valence-electron chi connectivity index (χ2n) is 18.7. The van der Waals surface area contributed by atoms with Crippen molar-refractivity contribution in [1.29, 1.82) is 0 Å². The van der Waals surface area contributed by atoms with Crippen LogP contribution in [0.2, 0.25) is 0 Å². The summed E-state index contributed by atoms with van der Waals surface area (Å²) in [5.41, 5.74) is 1.87. The van der Waals surface area contributed by atoms with E-state index >= 15 is 0 Å². The first-order valence-corrected chi connectivity index (χ1v) is 25.9. The Morgan fingerprint density at radius 1 is 0.667 bits per heavy atom. The number of amides is 2.